The Hall–Kier alpha value is -2.42. The summed E-state index contributed by atoms with van der Waals surface area (Å²) in [5, 5.41) is 0. The molecule has 2 aromatic rings. The van der Waals surface area contributed by atoms with Crippen molar-refractivity contribution in [3.8, 4) is 0 Å². The van der Waals surface area contributed by atoms with Gasteiger partial charge in [-0.25, -0.2) is 4.39 Å². The second-order valence-corrected chi connectivity index (χ2v) is 7.16. The van der Waals surface area contributed by atoms with Gasteiger partial charge in [-0.1, -0.05) is 18.2 Å². The van der Waals surface area contributed by atoms with Gasteiger partial charge >= 0.3 is 0 Å². The minimum Gasteiger partial charge on any atom is -0.363 e. The van der Waals surface area contributed by atoms with E-state index in [1.807, 2.05) is 0 Å². The maximum Gasteiger partial charge on any atom is 0.148 e. The summed E-state index contributed by atoms with van der Waals surface area (Å²) < 4.78 is 13.8. The van der Waals surface area contributed by atoms with E-state index in [0.29, 0.717) is 5.69 Å². The molecule has 1 aliphatic heterocycles. The second kappa shape index (κ2) is 6.47. The van der Waals surface area contributed by atoms with Gasteiger partial charge < -0.3 is 4.90 Å². The molecular formula is C22H25FN2. The fourth-order valence-corrected chi connectivity index (χ4v) is 3.66. The van der Waals surface area contributed by atoms with Crippen LogP contribution in [0.5, 0.6) is 0 Å². The molecule has 2 nitrogen and oxygen atoms in total. The molecule has 0 saturated heterocycles. The molecule has 25 heavy (non-hydrogen) atoms. The summed E-state index contributed by atoms with van der Waals surface area (Å²) in [6, 6.07) is 11.0. The number of para-hydroxylation sites is 1. The molecule has 0 spiro atoms. The van der Waals surface area contributed by atoms with Gasteiger partial charge in [-0.2, -0.15) is 0 Å². The van der Waals surface area contributed by atoms with Gasteiger partial charge in [0.25, 0.3) is 0 Å². The summed E-state index contributed by atoms with van der Waals surface area (Å²) in [7, 11) is 0. The Labute approximate surface area is 149 Å². The van der Waals surface area contributed by atoms with Crippen LogP contribution in [0.25, 0.3) is 5.57 Å². The number of aryl methyl sites for hydroxylation is 1. The standard InChI is InChI=1S/C22H25FN2/c1-6-25-21-11-15(2)17(12-18(21)16(3)13-22(25,4)5)14-24-20-10-8-7-9-19(20)23/h7-14H,6H2,1-5H3. The Morgan fingerprint density at radius 1 is 1.16 bits per heavy atom. The zero-order valence-corrected chi connectivity index (χ0v) is 15.6. The number of likely N-dealkylation sites (N-methyl/N-ethyl adjacent to an activating group) is 1. The molecule has 0 amide bonds. The third-order valence-electron chi connectivity index (χ3n) is 4.88. The number of benzene rings is 2. The van der Waals surface area contributed by atoms with Gasteiger partial charge in [0.15, 0.2) is 0 Å². The number of aliphatic imine (C=N–C) groups is 1. The first kappa shape index (κ1) is 17.4. The van der Waals surface area contributed by atoms with Crippen molar-refractivity contribution in [1.82, 2.24) is 0 Å². The maximum atomic E-state index is 13.8. The molecule has 0 N–H and O–H groups in total. The predicted octanol–water partition coefficient (Wildman–Crippen LogP) is 5.91. The van der Waals surface area contributed by atoms with Crippen molar-refractivity contribution in [3.63, 3.8) is 0 Å². The van der Waals surface area contributed by atoms with Crippen molar-refractivity contribution >= 4 is 23.2 Å². The molecule has 1 aliphatic rings. The Morgan fingerprint density at radius 2 is 1.88 bits per heavy atom. The monoisotopic (exact) mass is 336 g/mol. The largest absolute Gasteiger partial charge is 0.363 e. The van der Waals surface area contributed by atoms with Gasteiger partial charge in [0, 0.05) is 24.0 Å². The van der Waals surface area contributed by atoms with Gasteiger partial charge in [0.05, 0.1) is 11.2 Å². The SMILES string of the molecule is CCN1c2cc(C)c(C=Nc3ccccc3F)cc2C(C)=CC1(C)C. The normalized spacial score (nSPS) is 16.1. The summed E-state index contributed by atoms with van der Waals surface area (Å²) in [6.45, 7) is 11.9. The van der Waals surface area contributed by atoms with E-state index in [9.17, 15) is 4.39 Å². The van der Waals surface area contributed by atoms with Crippen molar-refractivity contribution < 1.29 is 4.39 Å². The molecule has 0 radical (unpaired) electrons. The number of nitrogens with zero attached hydrogens (tertiary/aromatic N) is 2. The summed E-state index contributed by atoms with van der Waals surface area (Å²) >= 11 is 0. The number of hydrogen-bond acceptors (Lipinski definition) is 2. The molecule has 0 fully saturated rings. The summed E-state index contributed by atoms with van der Waals surface area (Å²) in [5.41, 5.74) is 6.28. The molecule has 3 heteroatoms. The molecule has 130 valence electrons. The molecule has 2 aromatic carbocycles. The lowest BCUT2D eigenvalue weighted by atomic mass is 9.87. The van der Waals surface area contributed by atoms with Crippen LogP contribution in [-0.4, -0.2) is 18.3 Å². The van der Waals surface area contributed by atoms with Crippen molar-refractivity contribution in [2.75, 3.05) is 11.4 Å². The molecule has 0 atom stereocenters. The molecule has 3 rings (SSSR count). The Bertz CT molecular complexity index is 862. The van der Waals surface area contributed by atoms with Crippen molar-refractivity contribution in [3.05, 3.63) is 65.0 Å². The van der Waals surface area contributed by atoms with Crippen LogP contribution >= 0.6 is 0 Å². The molecule has 0 saturated carbocycles. The highest BCUT2D eigenvalue weighted by molar-refractivity contribution is 5.90. The van der Waals surface area contributed by atoms with Gasteiger partial charge in [-0.05, 0) is 75.6 Å². The average Bonchev–Trinajstić information content (AvgIpc) is 2.54. The first-order chi connectivity index (χ1) is 11.8. The zero-order valence-electron chi connectivity index (χ0n) is 15.6. The Morgan fingerprint density at radius 3 is 2.56 bits per heavy atom. The van der Waals surface area contributed by atoms with Crippen LogP contribution in [0, 0.1) is 12.7 Å². The van der Waals surface area contributed by atoms with Crippen LogP contribution in [0.1, 0.15) is 44.4 Å². The van der Waals surface area contributed by atoms with Crippen LogP contribution in [0.2, 0.25) is 0 Å². The van der Waals surface area contributed by atoms with E-state index in [1.54, 1.807) is 24.4 Å². The lowest BCUT2D eigenvalue weighted by molar-refractivity contribution is 0.566. The first-order valence-corrected chi connectivity index (χ1v) is 8.74. The summed E-state index contributed by atoms with van der Waals surface area (Å²) in [4.78, 5) is 6.76. The van der Waals surface area contributed by atoms with Crippen LogP contribution in [-0.2, 0) is 0 Å². The lowest BCUT2D eigenvalue weighted by Gasteiger charge is -2.43. The maximum absolute atomic E-state index is 13.8. The van der Waals surface area contributed by atoms with Gasteiger partial charge in [0.2, 0.25) is 0 Å². The minimum atomic E-state index is -0.302. The van der Waals surface area contributed by atoms with Crippen LogP contribution in [0.4, 0.5) is 15.8 Å². The minimum absolute atomic E-state index is 0.00104. The predicted molar refractivity (Wildman–Crippen MR) is 106 cm³/mol. The van der Waals surface area contributed by atoms with Gasteiger partial charge in [0.1, 0.15) is 5.82 Å². The Kier molecular flexibility index (Phi) is 4.51. The van der Waals surface area contributed by atoms with E-state index < -0.39 is 0 Å². The number of fused-ring (bicyclic) bond motifs is 1. The molecule has 0 unspecified atom stereocenters. The fraction of sp³-hybridized carbons (Fsp3) is 0.318. The number of rotatable bonds is 3. The van der Waals surface area contributed by atoms with Crippen molar-refractivity contribution in [2.45, 2.75) is 40.2 Å². The molecular weight excluding hydrogens is 311 g/mol. The number of allylic oxidation sites excluding steroid dienone is 1. The third-order valence-corrected chi connectivity index (χ3v) is 4.88. The van der Waals surface area contributed by atoms with Crippen molar-refractivity contribution in [2.24, 2.45) is 4.99 Å². The van der Waals surface area contributed by atoms with Crippen LogP contribution < -0.4 is 4.90 Å². The second-order valence-electron chi connectivity index (χ2n) is 7.16. The number of anilines is 1. The molecule has 0 bridgehead atoms. The van der Waals surface area contributed by atoms with Gasteiger partial charge in [-0.15, -0.1) is 0 Å². The van der Waals surface area contributed by atoms with Gasteiger partial charge in [-0.3, -0.25) is 4.99 Å². The van der Waals surface area contributed by atoms with E-state index in [1.165, 1.54) is 22.9 Å². The van der Waals surface area contributed by atoms with E-state index in [4.69, 9.17) is 0 Å². The van der Waals surface area contributed by atoms with Crippen LogP contribution in [0.15, 0.2) is 47.5 Å². The fourth-order valence-electron chi connectivity index (χ4n) is 3.66. The first-order valence-electron chi connectivity index (χ1n) is 8.74. The van der Waals surface area contributed by atoms with E-state index in [-0.39, 0.29) is 11.4 Å². The quantitative estimate of drug-likeness (QED) is 0.637. The summed E-state index contributed by atoms with van der Waals surface area (Å²) in [6.07, 6.45) is 4.07. The number of halogens is 1. The average molecular weight is 336 g/mol. The number of hydrogen-bond donors (Lipinski definition) is 0. The highest BCUT2D eigenvalue weighted by Crippen LogP contribution is 2.39. The third kappa shape index (κ3) is 3.23. The topological polar surface area (TPSA) is 15.6 Å². The van der Waals surface area contributed by atoms with Crippen molar-refractivity contribution in [1.29, 1.82) is 0 Å². The summed E-state index contributed by atoms with van der Waals surface area (Å²) in [5.74, 6) is -0.302. The zero-order chi connectivity index (χ0) is 18.2. The highest BCUT2D eigenvalue weighted by Gasteiger charge is 2.30. The highest BCUT2D eigenvalue weighted by atomic mass is 19.1. The van der Waals surface area contributed by atoms with E-state index in [0.717, 1.165) is 17.7 Å². The lowest BCUT2D eigenvalue weighted by Crippen LogP contribution is -2.45. The van der Waals surface area contributed by atoms with E-state index in [2.05, 4.69) is 62.7 Å². The molecule has 0 aliphatic carbocycles. The Balaban J connectivity index is 2.05. The smallest absolute Gasteiger partial charge is 0.148 e. The molecule has 1 heterocycles. The van der Waals surface area contributed by atoms with E-state index >= 15 is 0 Å². The van der Waals surface area contributed by atoms with Crippen LogP contribution in [0.3, 0.4) is 0 Å². The molecule has 0 aromatic heterocycles.